The molecule has 1 aliphatic rings. The van der Waals surface area contributed by atoms with Crippen LogP contribution in [0.1, 0.15) is 28.8 Å². The summed E-state index contributed by atoms with van der Waals surface area (Å²) in [5.41, 5.74) is -1.13. The molecule has 2 aromatic carbocycles. The van der Waals surface area contributed by atoms with Crippen molar-refractivity contribution in [2.75, 3.05) is 13.2 Å². The zero-order valence-corrected chi connectivity index (χ0v) is 14.2. The second-order valence-corrected chi connectivity index (χ2v) is 6.15. The third kappa shape index (κ3) is 4.21. The maximum absolute atomic E-state index is 14.4. The van der Waals surface area contributed by atoms with E-state index in [9.17, 15) is 22.4 Å². The first-order valence-corrected chi connectivity index (χ1v) is 8.31. The van der Waals surface area contributed by atoms with Crippen LogP contribution in [0.25, 0.3) is 0 Å². The molecule has 1 N–H and O–H groups in total. The Morgan fingerprint density at radius 3 is 2.48 bits per heavy atom. The normalized spacial score (nSPS) is 16.2. The zero-order valence-electron chi connectivity index (χ0n) is 14.2. The minimum atomic E-state index is -3.09. The Morgan fingerprint density at radius 2 is 1.81 bits per heavy atom. The van der Waals surface area contributed by atoms with Gasteiger partial charge in [0.25, 0.3) is 5.91 Å². The van der Waals surface area contributed by atoms with Gasteiger partial charge in [-0.25, -0.2) is 8.78 Å². The molecule has 1 saturated heterocycles. The van der Waals surface area contributed by atoms with Gasteiger partial charge in [0.2, 0.25) is 0 Å². The molecule has 0 aliphatic carbocycles. The minimum absolute atomic E-state index is 0.105. The highest BCUT2D eigenvalue weighted by molar-refractivity contribution is 5.97. The number of benzene rings is 2. The van der Waals surface area contributed by atoms with Gasteiger partial charge in [-0.3, -0.25) is 4.79 Å². The second-order valence-electron chi connectivity index (χ2n) is 6.15. The van der Waals surface area contributed by atoms with Crippen LogP contribution in [0.3, 0.4) is 0 Å². The number of hydrogen-bond acceptors (Lipinski definition) is 3. The molecule has 4 nitrogen and oxygen atoms in total. The summed E-state index contributed by atoms with van der Waals surface area (Å²) < 4.78 is 62.6. The third-order valence-electron chi connectivity index (χ3n) is 4.49. The third-order valence-corrected chi connectivity index (χ3v) is 4.49. The van der Waals surface area contributed by atoms with E-state index in [0.29, 0.717) is 0 Å². The number of carbonyl (C=O) groups excluding carboxylic acids is 1. The van der Waals surface area contributed by atoms with Crippen LogP contribution in [0.15, 0.2) is 42.5 Å². The van der Waals surface area contributed by atoms with Gasteiger partial charge < -0.3 is 14.8 Å². The van der Waals surface area contributed by atoms with E-state index in [1.165, 1.54) is 30.3 Å². The highest BCUT2D eigenvalue weighted by Crippen LogP contribution is 2.35. The Hall–Kier alpha value is -2.61. The van der Waals surface area contributed by atoms with E-state index < -0.39 is 29.7 Å². The molecule has 0 spiro atoms. The van der Waals surface area contributed by atoms with Crippen molar-refractivity contribution in [2.24, 2.45) is 0 Å². The molecule has 27 heavy (non-hydrogen) atoms. The maximum Gasteiger partial charge on any atom is 0.387 e. The van der Waals surface area contributed by atoms with Crippen LogP contribution < -0.4 is 10.1 Å². The molecule has 0 atom stereocenters. The molecule has 2 aromatic rings. The first kappa shape index (κ1) is 19.2. The molecule has 144 valence electrons. The fourth-order valence-electron chi connectivity index (χ4n) is 3.20. The molecule has 1 fully saturated rings. The molecule has 3 rings (SSSR count). The van der Waals surface area contributed by atoms with Gasteiger partial charge in [-0.15, -0.1) is 0 Å². The van der Waals surface area contributed by atoms with E-state index in [2.05, 4.69) is 10.1 Å². The molecule has 0 unspecified atom stereocenters. The first-order valence-electron chi connectivity index (χ1n) is 8.31. The summed E-state index contributed by atoms with van der Waals surface area (Å²) >= 11 is 0. The van der Waals surface area contributed by atoms with Crippen molar-refractivity contribution in [3.63, 3.8) is 0 Å². The van der Waals surface area contributed by atoms with E-state index in [4.69, 9.17) is 4.74 Å². The van der Waals surface area contributed by atoms with Crippen molar-refractivity contribution in [1.82, 2.24) is 5.32 Å². The number of carbonyl (C=O) groups is 1. The van der Waals surface area contributed by atoms with Crippen LogP contribution in [0, 0.1) is 11.6 Å². The maximum atomic E-state index is 14.4. The minimum Gasteiger partial charge on any atom is -0.434 e. The molecule has 0 radical (unpaired) electrons. The van der Waals surface area contributed by atoms with Crippen LogP contribution in [-0.2, 0) is 10.3 Å². The largest absolute Gasteiger partial charge is 0.434 e. The average molecular weight is 383 g/mol. The monoisotopic (exact) mass is 383 g/mol. The average Bonchev–Trinajstić information content (AvgIpc) is 2.62. The van der Waals surface area contributed by atoms with Crippen molar-refractivity contribution in [1.29, 1.82) is 0 Å². The van der Waals surface area contributed by atoms with Gasteiger partial charge >= 0.3 is 6.61 Å². The second kappa shape index (κ2) is 7.96. The summed E-state index contributed by atoms with van der Waals surface area (Å²) in [5.74, 6) is -2.52. The van der Waals surface area contributed by atoms with Crippen LogP contribution in [0.5, 0.6) is 5.75 Å². The number of hydrogen-bond donors (Lipinski definition) is 1. The summed E-state index contributed by atoms with van der Waals surface area (Å²) in [4.78, 5) is 12.8. The van der Waals surface area contributed by atoms with Gasteiger partial charge in [-0.2, -0.15) is 8.78 Å². The molecule has 0 bridgehead atoms. The van der Waals surface area contributed by atoms with Gasteiger partial charge in [0.05, 0.1) is 11.1 Å². The Morgan fingerprint density at radius 1 is 1.11 bits per heavy atom. The topological polar surface area (TPSA) is 47.6 Å². The van der Waals surface area contributed by atoms with Crippen LogP contribution in [0.2, 0.25) is 0 Å². The standard InChI is InChI=1S/C19H17F4NO3/c20-12-5-6-14(15(21)11-12)19(7-9-26-10-8-19)24-17(25)13-3-1-2-4-16(13)27-18(22)23/h1-6,11,18H,7-10H2,(H,24,25). The van der Waals surface area contributed by atoms with Gasteiger partial charge in [0.1, 0.15) is 17.4 Å². The number of para-hydroxylation sites is 1. The Labute approximate surface area is 153 Å². The van der Waals surface area contributed by atoms with Crippen LogP contribution in [-0.4, -0.2) is 25.7 Å². The molecule has 0 aromatic heterocycles. The number of nitrogens with one attached hydrogen (secondary N) is 1. The predicted octanol–water partition coefficient (Wildman–Crippen LogP) is 4.00. The van der Waals surface area contributed by atoms with E-state index in [0.717, 1.165) is 12.1 Å². The number of ether oxygens (including phenoxy) is 2. The molecule has 1 heterocycles. The van der Waals surface area contributed by atoms with Crippen molar-refractivity contribution in [3.05, 3.63) is 65.2 Å². The highest BCUT2D eigenvalue weighted by atomic mass is 19.3. The first-order chi connectivity index (χ1) is 12.9. The van der Waals surface area contributed by atoms with Gasteiger partial charge in [0, 0.05) is 24.8 Å². The van der Waals surface area contributed by atoms with E-state index >= 15 is 0 Å². The van der Waals surface area contributed by atoms with Crippen LogP contribution in [0.4, 0.5) is 17.6 Å². The molecule has 8 heteroatoms. The number of alkyl halides is 2. The highest BCUT2D eigenvalue weighted by Gasteiger charge is 2.39. The number of rotatable bonds is 5. The molecule has 1 amide bonds. The Kier molecular flexibility index (Phi) is 5.65. The van der Waals surface area contributed by atoms with E-state index in [-0.39, 0.29) is 42.9 Å². The van der Waals surface area contributed by atoms with E-state index in [1.807, 2.05) is 0 Å². The van der Waals surface area contributed by atoms with Crippen molar-refractivity contribution < 1.29 is 31.8 Å². The Balaban J connectivity index is 1.95. The number of halogens is 4. The molecule has 1 aliphatic heterocycles. The van der Waals surface area contributed by atoms with Crippen molar-refractivity contribution >= 4 is 5.91 Å². The lowest BCUT2D eigenvalue weighted by molar-refractivity contribution is -0.0502. The predicted molar refractivity (Wildman–Crippen MR) is 88.6 cm³/mol. The Bertz CT molecular complexity index is 822. The summed E-state index contributed by atoms with van der Waals surface area (Å²) in [5, 5.41) is 2.73. The number of amides is 1. The fraction of sp³-hybridized carbons (Fsp3) is 0.316. The fourth-order valence-corrected chi connectivity index (χ4v) is 3.20. The molecular weight excluding hydrogens is 366 g/mol. The lowest BCUT2D eigenvalue weighted by Gasteiger charge is -2.38. The quantitative estimate of drug-likeness (QED) is 0.794. The molecule has 0 saturated carbocycles. The van der Waals surface area contributed by atoms with Crippen molar-refractivity contribution in [3.8, 4) is 5.75 Å². The lowest BCUT2D eigenvalue weighted by Crippen LogP contribution is -2.50. The van der Waals surface area contributed by atoms with Crippen molar-refractivity contribution in [2.45, 2.75) is 25.0 Å². The summed E-state index contributed by atoms with van der Waals surface area (Å²) in [7, 11) is 0. The lowest BCUT2D eigenvalue weighted by atomic mass is 9.82. The van der Waals surface area contributed by atoms with Crippen LogP contribution >= 0.6 is 0 Å². The molecular formula is C19H17F4NO3. The SMILES string of the molecule is O=C(NC1(c2ccc(F)cc2F)CCOCC1)c1ccccc1OC(F)F. The van der Waals surface area contributed by atoms with E-state index in [1.54, 1.807) is 0 Å². The van der Waals surface area contributed by atoms with Gasteiger partial charge in [-0.1, -0.05) is 18.2 Å². The summed E-state index contributed by atoms with van der Waals surface area (Å²) in [6.45, 7) is -2.58. The van der Waals surface area contributed by atoms with Gasteiger partial charge in [0.15, 0.2) is 0 Å². The summed E-state index contributed by atoms with van der Waals surface area (Å²) in [6.07, 6.45) is 0.498. The summed E-state index contributed by atoms with van der Waals surface area (Å²) in [6, 6.07) is 8.66. The smallest absolute Gasteiger partial charge is 0.387 e. The van der Waals surface area contributed by atoms with Gasteiger partial charge in [-0.05, 0) is 31.0 Å². The zero-order chi connectivity index (χ0) is 19.4.